The summed E-state index contributed by atoms with van der Waals surface area (Å²) in [4.78, 5) is 38.3. The fraction of sp³-hybridized carbons (Fsp3) is 0.550. The van der Waals surface area contributed by atoms with E-state index in [2.05, 4.69) is 10.6 Å². The molecule has 7 heteroatoms. The van der Waals surface area contributed by atoms with Crippen LogP contribution in [0.5, 0.6) is 5.75 Å². The number of hydrogen-bond acceptors (Lipinski definition) is 4. The number of para-hydroxylation sites is 1. The van der Waals surface area contributed by atoms with Gasteiger partial charge in [0.25, 0.3) is 5.91 Å². The Balaban J connectivity index is 1.42. The van der Waals surface area contributed by atoms with Crippen LogP contribution in [0.1, 0.15) is 39.0 Å². The van der Waals surface area contributed by atoms with Gasteiger partial charge in [-0.15, -0.1) is 0 Å². The van der Waals surface area contributed by atoms with Crippen LogP contribution in [0.25, 0.3) is 0 Å². The summed E-state index contributed by atoms with van der Waals surface area (Å²) in [6.45, 7) is 2.66. The quantitative estimate of drug-likeness (QED) is 0.566. The summed E-state index contributed by atoms with van der Waals surface area (Å²) >= 11 is 0. The zero-order valence-electron chi connectivity index (χ0n) is 15.7. The van der Waals surface area contributed by atoms with Gasteiger partial charge in [0.15, 0.2) is 0 Å². The van der Waals surface area contributed by atoms with Gasteiger partial charge in [-0.1, -0.05) is 38.0 Å². The third-order valence-electron chi connectivity index (χ3n) is 5.46. The topological polar surface area (TPSA) is 87.7 Å². The minimum Gasteiger partial charge on any atom is -0.494 e. The van der Waals surface area contributed by atoms with Crippen molar-refractivity contribution in [3.05, 3.63) is 30.3 Å². The van der Waals surface area contributed by atoms with Crippen LogP contribution >= 0.6 is 0 Å². The molecule has 2 N–H and O–H groups in total. The lowest BCUT2D eigenvalue weighted by atomic mass is 9.73. The van der Waals surface area contributed by atoms with Crippen LogP contribution in [0.15, 0.2) is 30.3 Å². The van der Waals surface area contributed by atoms with Crippen LogP contribution in [0.4, 0.5) is 4.79 Å². The average molecular weight is 373 g/mol. The molecule has 1 spiro atoms. The first-order chi connectivity index (χ1) is 13.0. The van der Waals surface area contributed by atoms with Gasteiger partial charge in [0.1, 0.15) is 17.8 Å². The number of rotatable bonds is 7. The van der Waals surface area contributed by atoms with Gasteiger partial charge in [-0.25, -0.2) is 4.79 Å². The number of imide groups is 1. The lowest BCUT2D eigenvalue weighted by Crippen LogP contribution is -2.54. The maximum Gasteiger partial charge on any atom is 0.325 e. The van der Waals surface area contributed by atoms with Crippen LogP contribution in [0.2, 0.25) is 0 Å². The Labute approximate surface area is 159 Å². The zero-order chi connectivity index (χ0) is 19.3. The van der Waals surface area contributed by atoms with E-state index < -0.39 is 11.6 Å². The lowest BCUT2D eigenvalue weighted by Gasteiger charge is -2.36. The summed E-state index contributed by atoms with van der Waals surface area (Å²) in [5, 5.41) is 5.60. The molecule has 4 amide bonds. The van der Waals surface area contributed by atoms with E-state index in [-0.39, 0.29) is 24.3 Å². The molecule has 1 aromatic carbocycles. The zero-order valence-corrected chi connectivity index (χ0v) is 15.7. The van der Waals surface area contributed by atoms with Crippen molar-refractivity contribution in [3.8, 4) is 5.75 Å². The second-order valence-corrected chi connectivity index (χ2v) is 7.30. The summed E-state index contributed by atoms with van der Waals surface area (Å²) < 4.78 is 5.56. The molecular formula is C20H27N3O4. The van der Waals surface area contributed by atoms with E-state index in [9.17, 15) is 14.4 Å². The Kier molecular flexibility index (Phi) is 5.98. The summed E-state index contributed by atoms with van der Waals surface area (Å²) in [7, 11) is 0. The third kappa shape index (κ3) is 4.23. The van der Waals surface area contributed by atoms with Crippen LogP contribution in [0.3, 0.4) is 0 Å². The molecule has 0 aromatic heterocycles. The molecule has 7 nitrogen and oxygen atoms in total. The second-order valence-electron chi connectivity index (χ2n) is 7.30. The molecule has 27 heavy (non-hydrogen) atoms. The molecule has 2 unspecified atom stereocenters. The van der Waals surface area contributed by atoms with E-state index in [4.69, 9.17) is 4.74 Å². The molecule has 1 saturated carbocycles. The fourth-order valence-electron chi connectivity index (χ4n) is 3.85. The summed E-state index contributed by atoms with van der Waals surface area (Å²) in [6, 6.07) is 9.00. The molecule has 1 aliphatic carbocycles. The Morgan fingerprint density at radius 3 is 2.81 bits per heavy atom. The molecule has 2 fully saturated rings. The van der Waals surface area contributed by atoms with Gasteiger partial charge in [0, 0.05) is 6.54 Å². The molecular weight excluding hydrogens is 346 g/mol. The average Bonchev–Trinajstić information content (AvgIpc) is 2.90. The van der Waals surface area contributed by atoms with E-state index in [1.165, 1.54) is 0 Å². The summed E-state index contributed by atoms with van der Waals surface area (Å²) in [5.74, 6) is 0.280. The molecule has 1 heterocycles. The third-order valence-corrected chi connectivity index (χ3v) is 5.46. The molecule has 0 bridgehead atoms. The molecule has 2 atom stereocenters. The Bertz CT molecular complexity index is 694. The SMILES string of the molecule is CC1CCCCC12NC(=O)N(CC(=O)NCCCOc1ccccc1)C2=O. The molecule has 1 aromatic rings. The maximum atomic E-state index is 12.8. The van der Waals surface area contributed by atoms with Crippen molar-refractivity contribution < 1.29 is 19.1 Å². The van der Waals surface area contributed by atoms with Gasteiger partial charge in [-0.05, 0) is 37.3 Å². The number of urea groups is 1. The van der Waals surface area contributed by atoms with Crippen molar-refractivity contribution in [2.75, 3.05) is 19.7 Å². The first kappa shape index (κ1) is 19.2. The highest BCUT2D eigenvalue weighted by Gasteiger charge is 2.55. The van der Waals surface area contributed by atoms with Gasteiger partial charge >= 0.3 is 6.03 Å². The molecule has 2 aliphatic rings. The fourth-order valence-corrected chi connectivity index (χ4v) is 3.85. The number of ether oxygens (including phenoxy) is 1. The highest BCUT2D eigenvalue weighted by molar-refractivity contribution is 6.09. The molecule has 146 valence electrons. The van der Waals surface area contributed by atoms with Crippen molar-refractivity contribution in [2.24, 2.45) is 5.92 Å². The number of carbonyl (C=O) groups is 3. The minimum absolute atomic E-state index is 0.0888. The smallest absolute Gasteiger partial charge is 0.325 e. The lowest BCUT2D eigenvalue weighted by molar-refractivity contribution is -0.137. The molecule has 0 radical (unpaired) electrons. The summed E-state index contributed by atoms with van der Waals surface area (Å²) in [5.41, 5.74) is -0.820. The highest BCUT2D eigenvalue weighted by Crippen LogP contribution is 2.38. The molecule has 3 rings (SSSR count). The van der Waals surface area contributed by atoms with E-state index in [0.29, 0.717) is 26.0 Å². The Morgan fingerprint density at radius 2 is 2.07 bits per heavy atom. The van der Waals surface area contributed by atoms with Crippen LogP contribution in [-0.4, -0.2) is 48.0 Å². The number of nitrogens with one attached hydrogen (secondary N) is 2. The van der Waals surface area contributed by atoms with Crippen molar-refractivity contribution in [1.82, 2.24) is 15.5 Å². The van der Waals surface area contributed by atoms with Crippen molar-refractivity contribution in [3.63, 3.8) is 0 Å². The number of hydrogen-bond donors (Lipinski definition) is 2. The van der Waals surface area contributed by atoms with E-state index in [1.807, 2.05) is 37.3 Å². The highest BCUT2D eigenvalue weighted by atomic mass is 16.5. The molecule has 1 aliphatic heterocycles. The first-order valence-electron chi connectivity index (χ1n) is 9.61. The van der Waals surface area contributed by atoms with Crippen molar-refractivity contribution in [2.45, 2.75) is 44.6 Å². The van der Waals surface area contributed by atoms with Gasteiger partial charge in [-0.3, -0.25) is 14.5 Å². The van der Waals surface area contributed by atoms with E-state index in [0.717, 1.165) is 29.9 Å². The van der Waals surface area contributed by atoms with Crippen molar-refractivity contribution in [1.29, 1.82) is 0 Å². The Morgan fingerprint density at radius 1 is 1.30 bits per heavy atom. The second kappa shape index (κ2) is 8.41. The van der Waals surface area contributed by atoms with Crippen LogP contribution in [-0.2, 0) is 9.59 Å². The molecule has 1 saturated heterocycles. The van der Waals surface area contributed by atoms with Gasteiger partial charge < -0.3 is 15.4 Å². The van der Waals surface area contributed by atoms with Gasteiger partial charge in [0.05, 0.1) is 6.61 Å². The number of benzene rings is 1. The van der Waals surface area contributed by atoms with Crippen molar-refractivity contribution >= 4 is 17.8 Å². The number of carbonyl (C=O) groups excluding carboxylic acids is 3. The van der Waals surface area contributed by atoms with Crippen LogP contribution < -0.4 is 15.4 Å². The summed E-state index contributed by atoms with van der Waals surface area (Å²) in [6.07, 6.45) is 4.18. The minimum atomic E-state index is -0.820. The predicted octanol–water partition coefficient (Wildman–Crippen LogP) is 2.07. The first-order valence-corrected chi connectivity index (χ1v) is 9.61. The van der Waals surface area contributed by atoms with Crippen LogP contribution in [0, 0.1) is 5.92 Å². The maximum absolute atomic E-state index is 12.8. The normalized spacial score (nSPS) is 24.8. The van der Waals surface area contributed by atoms with E-state index >= 15 is 0 Å². The predicted molar refractivity (Wildman–Crippen MR) is 100 cm³/mol. The van der Waals surface area contributed by atoms with Gasteiger partial charge in [-0.2, -0.15) is 0 Å². The van der Waals surface area contributed by atoms with E-state index in [1.54, 1.807) is 0 Å². The standard InChI is InChI=1S/C20H27N3O4/c1-15-8-5-6-11-20(15)18(25)23(19(26)22-20)14-17(24)21-12-7-13-27-16-9-3-2-4-10-16/h2-4,9-10,15H,5-8,11-14H2,1H3,(H,21,24)(H,22,26). The largest absolute Gasteiger partial charge is 0.494 e. The van der Waals surface area contributed by atoms with Gasteiger partial charge in [0.2, 0.25) is 5.91 Å². The monoisotopic (exact) mass is 373 g/mol. The number of amides is 4. The Hall–Kier alpha value is -2.57. The number of nitrogens with zero attached hydrogens (tertiary/aromatic N) is 1.